The van der Waals surface area contributed by atoms with Gasteiger partial charge in [-0.15, -0.1) is 0 Å². The van der Waals surface area contributed by atoms with E-state index in [1.165, 1.54) is 6.92 Å². The van der Waals surface area contributed by atoms with E-state index in [4.69, 9.17) is 9.47 Å². The van der Waals surface area contributed by atoms with Crippen LogP contribution in [0.25, 0.3) is 23.1 Å². The summed E-state index contributed by atoms with van der Waals surface area (Å²) in [6, 6.07) is 11.4. The number of aromatic nitrogens is 1. The quantitative estimate of drug-likeness (QED) is 0.261. The van der Waals surface area contributed by atoms with E-state index >= 15 is 0 Å². The van der Waals surface area contributed by atoms with Gasteiger partial charge in [-0.05, 0) is 68.0 Å². The van der Waals surface area contributed by atoms with Crippen molar-refractivity contribution >= 4 is 34.8 Å². The van der Waals surface area contributed by atoms with Crippen LogP contribution in [0.3, 0.4) is 0 Å². The lowest BCUT2D eigenvalue weighted by molar-refractivity contribution is -0.131. The minimum Gasteiger partial charge on any atom is -0.482 e. The Morgan fingerprint density at radius 1 is 1.13 bits per heavy atom. The molecular weight excluding hydrogens is 378 g/mol. The van der Waals surface area contributed by atoms with Crippen molar-refractivity contribution in [3.63, 3.8) is 0 Å². The number of allylic oxidation sites excluding steroid dienone is 1. The Morgan fingerprint density at radius 3 is 2.70 bits per heavy atom. The fourth-order valence-electron chi connectivity index (χ4n) is 3.53. The van der Waals surface area contributed by atoms with Crippen LogP contribution < -0.4 is 9.47 Å². The molecule has 0 radical (unpaired) electrons. The molecule has 0 amide bonds. The third kappa shape index (κ3) is 3.79. The van der Waals surface area contributed by atoms with Crippen LogP contribution in [0.1, 0.15) is 42.3 Å². The number of carbonyl (C=O) groups is 2. The molecule has 1 aliphatic heterocycles. The molecule has 0 saturated carbocycles. The molecule has 30 heavy (non-hydrogen) atoms. The Kier molecular flexibility index (Phi) is 4.82. The fraction of sp³-hybridized carbons (Fsp3) is 0.200. The number of hydrogen-bond acceptors (Lipinski definition) is 4. The van der Waals surface area contributed by atoms with Crippen LogP contribution in [0.15, 0.2) is 54.7 Å². The van der Waals surface area contributed by atoms with E-state index in [0.29, 0.717) is 22.6 Å². The van der Waals surface area contributed by atoms with Gasteiger partial charge in [-0.25, -0.2) is 0 Å². The van der Waals surface area contributed by atoms with Crippen LogP contribution in [-0.2, 0) is 11.8 Å². The number of carbonyl (C=O) groups excluding carboxylic acids is 2. The largest absolute Gasteiger partial charge is 0.482 e. The number of hydrogen-bond donors (Lipinski definition) is 0. The Hall–Kier alpha value is -3.60. The van der Waals surface area contributed by atoms with Gasteiger partial charge in [0.15, 0.2) is 5.78 Å². The van der Waals surface area contributed by atoms with Gasteiger partial charge < -0.3 is 14.0 Å². The van der Waals surface area contributed by atoms with E-state index in [-0.39, 0.29) is 5.78 Å². The van der Waals surface area contributed by atoms with Crippen LogP contribution in [0.4, 0.5) is 0 Å². The van der Waals surface area contributed by atoms with Gasteiger partial charge in [-0.2, -0.15) is 0 Å². The third-order valence-electron chi connectivity index (χ3n) is 5.03. The smallest absolute Gasteiger partial charge is 0.308 e. The Balaban J connectivity index is 1.68. The van der Waals surface area contributed by atoms with Crippen molar-refractivity contribution < 1.29 is 19.1 Å². The van der Waals surface area contributed by atoms with E-state index in [1.54, 1.807) is 24.3 Å². The Labute approximate surface area is 175 Å². The molecule has 2 heterocycles. The molecule has 1 aromatic heterocycles. The summed E-state index contributed by atoms with van der Waals surface area (Å²) in [5, 5.41) is 1.12. The van der Waals surface area contributed by atoms with Crippen LogP contribution in [0, 0.1) is 0 Å². The highest BCUT2D eigenvalue weighted by Gasteiger charge is 2.28. The summed E-state index contributed by atoms with van der Waals surface area (Å²) in [5.74, 6) is 0.194. The average molecular weight is 401 g/mol. The van der Waals surface area contributed by atoms with Gasteiger partial charge in [0.1, 0.15) is 17.1 Å². The standard InChI is InChI=1S/C25H23NO4/c1-16(27)29-23-10-7-19(24-20(23)11-13-25(2,3)30-24)22(28)9-6-17-5-8-21-18(15-17)12-14-26(21)4/h5-15H,1-4H3/b9-6+. The predicted octanol–water partition coefficient (Wildman–Crippen LogP) is 5.18. The minimum atomic E-state index is -0.570. The van der Waals surface area contributed by atoms with Crippen LogP contribution in [-0.4, -0.2) is 21.9 Å². The lowest BCUT2D eigenvalue weighted by Gasteiger charge is -2.29. The van der Waals surface area contributed by atoms with Gasteiger partial charge in [-0.3, -0.25) is 9.59 Å². The van der Waals surface area contributed by atoms with Gasteiger partial charge in [0.25, 0.3) is 0 Å². The van der Waals surface area contributed by atoms with Crippen molar-refractivity contribution in [3.8, 4) is 11.5 Å². The maximum atomic E-state index is 13.0. The van der Waals surface area contributed by atoms with Crippen molar-refractivity contribution in [1.29, 1.82) is 0 Å². The summed E-state index contributed by atoms with van der Waals surface area (Å²) in [4.78, 5) is 24.4. The summed E-state index contributed by atoms with van der Waals surface area (Å²) >= 11 is 0. The molecule has 4 rings (SSSR count). The molecule has 0 atom stereocenters. The maximum Gasteiger partial charge on any atom is 0.308 e. The van der Waals surface area contributed by atoms with E-state index in [1.807, 2.05) is 63.5 Å². The normalized spacial score (nSPS) is 14.5. The van der Waals surface area contributed by atoms with E-state index < -0.39 is 11.6 Å². The van der Waals surface area contributed by atoms with Crippen molar-refractivity contribution in [2.75, 3.05) is 0 Å². The third-order valence-corrected chi connectivity index (χ3v) is 5.03. The second kappa shape index (κ2) is 7.34. The molecule has 5 heteroatoms. The fourth-order valence-corrected chi connectivity index (χ4v) is 3.53. The zero-order valence-corrected chi connectivity index (χ0v) is 17.4. The topological polar surface area (TPSA) is 57.5 Å². The van der Waals surface area contributed by atoms with Crippen LogP contribution >= 0.6 is 0 Å². The molecule has 2 aromatic carbocycles. The lowest BCUT2D eigenvalue weighted by Crippen LogP contribution is -2.28. The lowest BCUT2D eigenvalue weighted by atomic mass is 9.97. The van der Waals surface area contributed by atoms with Gasteiger partial charge in [0.2, 0.25) is 0 Å². The molecule has 152 valence electrons. The second-order valence-corrected chi connectivity index (χ2v) is 7.93. The Morgan fingerprint density at radius 2 is 1.93 bits per heavy atom. The summed E-state index contributed by atoms with van der Waals surface area (Å²) in [7, 11) is 2.00. The van der Waals surface area contributed by atoms with Gasteiger partial charge in [-0.1, -0.05) is 12.1 Å². The summed E-state index contributed by atoms with van der Waals surface area (Å²) < 4.78 is 13.4. The highest BCUT2D eigenvalue weighted by molar-refractivity contribution is 6.10. The van der Waals surface area contributed by atoms with Gasteiger partial charge >= 0.3 is 5.97 Å². The molecule has 0 spiro atoms. The highest BCUT2D eigenvalue weighted by Crippen LogP contribution is 2.40. The molecule has 0 unspecified atom stereocenters. The first-order valence-electron chi connectivity index (χ1n) is 9.75. The molecule has 0 fully saturated rings. The van der Waals surface area contributed by atoms with E-state index in [2.05, 4.69) is 4.57 Å². The van der Waals surface area contributed by atoms with Gasteiger partial charge in [0, 0.05) is 31.1 Å². The molecule has 1 aliphatic rings. The number of ether oxygens (including phenoxy) is 2. The number of rotatable bonds is 4. The maximum absolute atomic E-state index is 13.0. The first-order valence-corrected chi connectivity index (χ1v) is 9.75. The van der Waals surface area contributed by atoms with E-state index in [9.17, 15) is 9.59 Å². The van der Waals surface area contributed by atoms with Crippen molar-refractivity contribution in [1.82, 2.24) is 4.57 Å². The number of benzene rings is 2. The molecule has 0 bridgehead atoms. The number of fused-ring (bicyclic) bond motifs is 2. The predicted molar refractivity (Wildman–Crippen MR) is 118 cm³/mol. The number of ketones is 1. The van der Waals surface area contributed by atoms with Crippen molar-refractivity contribution in [2.24, 2.45) is 7.05 Å². The number of esters is 1. The molecular formula is C25H23NO4. The van der Waals surface area contributed by atoms with E-state index in [0.717, 1.165) is 16.5 Å². The first-order chi connectivity index (χ1) is 14.2. The van der Waals surface area contributed by atoms with Crippen LogP contribution in [0.5, 0.6) is 11.5 Å². The zero-order valence-electron chi connectivity index (χ0n) is 17.4. The number of nitrogens with zero attached hydrogens (tertiary/aromatic N) is 1. The molecule has 0 N–H and O–H groups in total. The van der Waals surface area contributed by atoms with Crippen molar-refractivity contribution in [3.05, 3.63) is 71.4 Å². The Bertz CT molecular complexity index is 1230. The average Bonchev–Trinajstić information content (AvgIpc) is 3.05. The molecule has 0 saturated heterocycles. The zero-order chi connectivity index (χ0) is 21.5. The monoisotopic (exact) mass is 401 g/mol. The minimum absolute atomic E-state index is 0.181. The molecule has 3 aromatic rings. The van der Waals surface area contributed by atoms with Gasteiger partial charge in [0.05, 0.1) is 11.1 Å². The second-order valence-electron chi connectivity index (χ2n) is 7.93. The number of aryl methyl sites for hydroxylation is 1. The molecule has 5 nitrogen and oxygen atoms in total. The highest BCUT2D eigenvalue weighted by atomic mass is 16.5. The first kappa shape index (κ1) is 19.7. The summed E-state index contributed by atoms with van der Waals surface area (Å²) in [6.45, 7) is 5.16. The van der Waals surface area contributed by atoms with Crippen molar-refractivity contribution in [2.45, 2.75) is 26.4 Å². The SMILES string of the molecule is CC(=O)Oc1ccc(C(=O)/C=C/c2ccc3c(ccn3C)c2)c2c1C=CC(C)(C)O2. The summed E-state index contributed by atoms with van der Waals surface area (Å²) in [5.41, 5.74) is 2.52. The van der Waals surface area contributed by atoms with Crippen LogP contribution in [0.2, 0.25) is 0 Å². The molecule has 0 aliphatic carbocycles. The summed E-state index contributed by atoms with van der Waals surface area (Å²) in [6.07, 6.45) is 9.06.